The van der Waals surface area contributed by atoms with E-state index in [9.17, 15) is 9.59 Å². The van der Waals surface area contributed by atoms with Crippen molar-refractivity contribution in [3.63, 3.8) is 0 Å². The molecule has 2 aromatic rings. The number of ether oxygens (including phenoxy) is 2. The maximum absolute atomic E-state index is 13.2. The van der Waals surface area contributed by atoms with E-state index in [4.69, 9.17) is 9.47 Å². The lowest BCUT2D eigenvalue weighted by molar-refractivity contribution is -0.140. The largest absolute Gasteiger partial charge is 0.497 e. The van der Waals surface area contributed by atoms with Crippen molar-refractivity contribution in [2.75, 3.05) is 14.2 Å². The molecule has 1 atom stereocenters. The summed E-state index contributed by atoms with van der Waals surface area (Å²) >= 11 is 0. The normalized spacial score (nSPS) is 12.1. The molecule has 0 heterocycles. The van der Waals surface area contributed by atoms with Gasteiger partial charge in [0.1, 0.15) is 17.5 Å². The average molecular weight is 413 g/mol. The molecule has 162 valence electrons. The first kappa shape index (κ1) is 23.3. The predicted octanol–water partition coefficient (Wildman–Crippen LogP) is 3.58. The van der Waals surface area contributed by atoms with E-state index >= 15 is 0 Å². The Morgan fingerprint density at radius 3 is 2.17 bits per heavy atom. The molecule has 0 aliphatic rings. The zero-order valence-electron chi connectivity index (χ0n) is 18.7. The van der Waals surface area contributed by atoms with Crippen molar-refractivity contribution in [3.8, 4) is 11.5 Å². The van der Waals surface area contributed by atoms with Crippen LogP contribution in [0.3, 0.4) is 0 Å². The van der Waals surface area contributed by atoms with Gasteiger partial charge in [0.25, 0.3) is 0 Å². The summed E-state index contributed by atoms with van der Waals surface area (Å²) in [6.45, 7) is 7.83. The van der Waals surface area contributed by atoms with E-state index in [0.717, 1.165) is 16.9 Å². The molecule has 0 spiro atoms. The van der Waals surface area contributed by atoms with E-state index in [0.29, 0.717) is 12.3 Å². The number of benzene rings is 2. The van der Waals surface area contributed by atoms with E-state index in [1.54, 1.807) is 26.0 Å². The minimum Gasteiger partial charge on any atom is -0.497 e. The third-order valence-corrected chi connectivity index (χ3v) is 4.67. The molecule has 1 N–H and O–H groups in total. The molecule has 2 aromatic carbocycles. The van der Waals surface area contributed by atoms with E-state index in [2.05, 4.69) is 5.32 Å². The Morgan fingerprint density at radius 2 is 1.60 bits per heavy atom. The lowest BCUT2D eigenvalue weighted by Gasteiger charge is -2.31. The Bertz CT molecular complexity index is 856. The number of methoxy groups -OCH3 is 2. The summed E-state index contributed by atoms with van der Waals surface area (Å²) in [5.41, 5.74) is 1.37. The molecule has 2 rings (SSSR count). The van der Waals surface area contributed by atoms with Gasteiger partial charge in [-0.3, -0.25) is 9.59 Å². The van der Waals surface area contributed by atoms with Gasteiger partial charge in [0, 0.05) is 12.1 Å². The van der Waals surface area contributed by atoms with Crippen LogP contribution < -0.4 is 14.8 Å². The van der Waals surface area contributed by atoms with Crippen molar-refractivity contribution in [1.29, 1.82) is 0 Å². The van der Waals surface area contributed by atoms with Gasteiger partial charge in [0.15, 0.2) is 0 Å². The van der Waals surface area contributed by atoms with Gasteiger partial charge in [0.05, 0.1) is 20.6 Å². The van der Waals surface area contributed by atoms with Crippen molar-refractivity contribution in [3.05, 3.63) is 59.7 Å². The minimum absolute atomic E-state index is 0.125. The molecule has 0 aromatic heterocycles. The van der Waals surface area contributed by atoms with Crippen molar-refractivity contribution < 1.29 is 19.1 Å². The summed E-state index contributed by atoms with van der Waals surface area (Å²) in [4.78, 5) is 27.6. The number of rotatable bonds is 8. The van der Waals surface area contributed by atoms with Gasteiger partial charge in [-0.1, -0.05) is 24.3 Å². The van der Waals surface area contributed by atoms with Gasteiger partial charge >= 0.3 is 0 Å². The van der Waals surface area contributed by atoms with Gasteiger partial charge in [-0.25, -0.2) is 0 Å². The van der Waals surface area contributed by atoms with Crippen LogP contribution in [0.1, 0.15) is 38.8 Å². The highest BCUT2D eigenvalue weighted by atomic mass is 16.5. The Morgan fingerprint density at radius 1 is 0.967 bits per heavy atom. The third kappa shape index (κ3) is 6.79. The van der Waals surface area contributed by atoms with E-state index < -0.39 is 6.04 Å². The van der Waals surface area contributed by atoms with Crippen LogP contribution >= 0.6 is 0 Å². The summed E-state index contributed by atoms with van der Waals surface area (Å²) < 4.78 is 10.5. The minimum atomic E-state index is -0.624. The fourth-order valence-corrected chi connectivity index (χ4v) is 3.04. The number of carbonyl (C=O) groups is 2. The van der Waals surface area contributed by atoms with E-state index in [-0.39, 0.29) is 23.8 Å². The molecule has 0 unspecified atom stereocenters. The van der Waals surface area contributed by atoms with Gasteiger partial charge in [0.2, 0.25) is 11.8 Å². The van der Waals surface area contributed by atoms with Crippen LogP contribution in [0.25, 0.3) is 0 Å². The predicted molar refractivity (Wildman–Crippen MR) is 118 cm³/mol. The van der Waals surface area contributed by atoms with Gasteiger partial charge in [-0.2, -0.15) is 0 Å². The molecular formula is C24H32N2O4. The fourth-order valence-electron chi connectivity index (χ4n) is 3.04. The van der Waals surface area contributed by atoms with Gasteiger partial charge in [-0.05, 0) is 63.1 Å². The number of nitrogens with one attached hydrogen (secondary N) is 1. The first-order valence-electron chi connectivity index (χ1n) is 10.0. The summed E-state index contributed by atoms with van der Waals surface area (Å²) in [5, 5.41) is 2.97. The highest BCUT2D eigenvalue weighted by Gasteiger charge is 2.28. The molecule has 6 nitrogen and oxygen atoms in total. The first-order valence-corrected chi connectivity index (χ1v) is 10.0. The van der Waals surface area contributed by atoms with Crippen LogP contribution in [-0.2, 0) is 22.6 Å². The monoisotopic (exact) mass is 412 g/mol. The highest BCUT2D eigenvalue weighted by Crippen LogP contribution is 2.18. The van der Waals surface area contributed by atoms with Crippen LogP contribution in [-0.4, -0.2) is 42.5 Å². The number of hydrogen-bond donors (Lipinski definition) is 1. The Kier molecular flexibility index (Phi) is 7.86. The Balaban J connectivity index is 2.25. The number of amides is 2. The topological polar surface area (TPSA) is 67.9 Å². The first-order chi connectivity index (χ1) is 14.1. The maximum atomic E-state index is 13.2. The summed E-state index contributed by atoms with van der Waals surface area (Å²) in [5.74, 6) is 1.13. The molecule has 2 amide bonds. The maximum Gasteiger partial charge on any atom is 0.242 e. The highest BCUT2D eigenvalue weighted by molar-refractivity contribution is 5.88. The second-order valence-electron chi connectivity index (χ2n) is 8.31. The zero-order valence-corrected chi connectivity index (χ0v) is 18.7. The SMILES string of the molecule is COc1ccc(CC(=O)N(Cc2cccc(OC)c2)[C@H](C)C(=O)NC(C)(C)C)cc1. The Hall–Kier alpha value is -3.02. The molecule has 0 fully saturated rings. The Labute approximate surface area is 179 Å². The molecule has 0 radical (unpaired) electrons. The van der Waals surface area contributed by atoms with Gasteiger partial charge in [-0.15, -0.1) is 0 Å². The van der Waals surface area contributed by atoms with Crippen LogP contribution in [0.15, 0.2) is 48.5 Å². The van der Waals surface area contributed by atoms with Crippen molar-refractivity contribution >= 4 is 11.8 Å². The molecular weight excluding hydrogens is 380 g/mol. The second-order valence-corrected chi connectivity index (χ2v) is 8.31. The smallest absolute Gasteiger partial charge is 0.242 e. The lowest BCUT2D eigenvalue weighted by Crippen LogP contribution is -2.52. The van der Waals surface area contributed by atoms with Crippen molar-refractivity contribution in [2.45, 2.75) is 52.2 Å². The molecule has 6 heteroatoms. The van der Waals surface area contributed by atoms with Crippen molar-refractivity contribution in [2.24, 2.45) is 0 Å². The van der Waals surface area contributed by atoms with Crippen molar-refractivity contribution in [1.82, 2.24) is 10.2 Å². The molecule has 0 aliphatic carbocycles. The second kappa shape index (κ2) is 10.1. The van der Waals surface area contributed by atoms with Crippen LogP contribution in [0.2, 0.25) is 0 Å². The zero-order chi connectivity index (χ0) is 22.3. The summed E-state index contributed by atoms with van der Waals surface area (Å²) in [7, 11) is 3.21. The number of carbonyl (C=O) groups excluding carboxylic acids is 2. The van der Waals surface area contributed by atoms with Crippen LogP contribution in [0.4, 0.5) is 0 Å². The lowest BCUT2D eigenvalue weighted by atomic mass is 10.1. The number of nitrogens with zero attached hydrogens (tertiary/aromatic N) is 1. The standard InChI is InChI=1S/C24H32N2O4/c1-17(23(28)25-24(2,3)4)26(16-19-8-7-9-21(14-19)30-6)22(27)15-18-10-12-20(29-5)13-11-18/h7-14,17H,15-16H2,1-6H3,(H,25,28)/t17-/m1/s1. The molecule has 0 saturated carbocycles. The third-order valence-electron chi connectivity index (χ3n) is 4.67. The van der Waals surface area contributed by atoms with Crippen LogP contribution in [0.5, 0.6) is 11.5 Å². The fraction of sp³-hybridized carbons (Fsp3) is 0.417. The van der Waals surface area contributed by atoms with E-state index in [1.165, 1.54) is 0 Å². The summed E-state index contributed by atoms with van der Waals surface area (Å²) in [6.07, 6.45) is 0.196. The molecule has 30 heavy (non-hydrogen) atoms. The average Bonchev–Trinajstić information content (AvgIpc) is 2.71. The van der Waals surface area contributed by atoms with E-state index in [1.807, 2.05) is 69.3 Å². The molecule has 0 aliphatic heterocycles. The number of hydrogen-bond acceptors (Lipinski definition) is 4. The quantitative estimate of drug-likeness (QED) is 0.720. The van der Waals surface area contributed by atoms with Gasteiger partial charge < -0.3 is 19.7 Å². The molecule has 0 bridgehead atoms. The van der Waals surface area contributed by atoms with Crippen LogP contribution in [0, 0.1) is 0 Å². The molecule has 0 saturated heterocycles. The summed E-state index contributed by atoms with van der Waals surface area (Å²) in [6, 6.07) is 14.3.